The SMILES string of the molecule is CC(C)CN(CC1CNCCO1)C1CC1. The molecule has 3 heteroatoms. The molecule has 1 N–H and O–H groups in total. The maximum absolute atomic E-state index is 5.76. The molecule has 3 nitrogen and oxygen atoms in total. The molecule has 1 unspecified atom stereocenters. The number of nitrogens with zero attached hydrogens (tertiary/aromatic N) is 1. The Bertz CT molecular complexity index is 186. The van der Waals surface area contributed by atoms with Gasteiger partial charge in [0.05, 0.1) is 12.7 Å². The van der Waals surface area contributed by atoms with Crippen molar-refractivity contribution < 1.29 is 4.74 Å². The molecule has 1 aliphatic carbocycles. The molecule has 2 aliphatic rings. The molecule has 1 heterocycles. The normalized spacial score (nSPS) is 27.6. The van der Waals surface area contributed by atoms with Crippen molar-refractivity contribution in [2.45, 2.75) is 38.8 Å². The zero-order valence-electron chi connectivity index (χ0n) is 10.0. The van der Waals surface area contributed by atoms with Crippen LogP contribution in [-0.4, -0.2) is 49.8 Å². The summed E-state index contributed by atoms with van der Waals surface area (Å²) in [4.78, 5) is 2.63. The molecule has 2 rings (SSSR count). The lowest BCUT2D eigenvalue weighted by atomic mass is 10.2. The Morgan fingerprint density at radius 1 is 1.40 bits per heavy atom. The summed E-state index contributed by atoms with van der Waals surface area (Å²) in [5, 5.41) is 3.40. The van der Waals surface area contributed by atoms with Crippen molar-refractivity contribution in [3.8, 4) is 0 Å². The van der Waals surface area contributed by atoms with E-state index < -0.39 is 0 Å². The van der Waals surface area contributed by atoms with E-state index in [9.17, 15) is 0 Å². The molecule has 0 spiro atoms. The molecule has 0 aromatic heterocycles. The Hall–Kier alpha value is -0.120. The van der Waals surface area contributed by atoms with Crippen LogP contribution in [0.15, 0.2) is 0 Å². The third kappa shape index (κ3) is 3.74. The van der Waals surface area contributed by atoms with Crippen molar-refractivity contribution in [3.63, 3.8) is 0 Å². The molecule has 0 radical (unpaired) electrons. The van der Waals surface area contributed by atoms with Crippen LogP contribution in [0.25, 0.3) is 0 Å². The summed E-state index contributed by atoms with van der Waals surface area (Å²) >= 11 is 0. The smallest absolute Gasteiger partial charge is 0.0826 e. The third-order valence-corrected chi connectivity index (χ3v) is 3.11. The minimum atomic E-state index is 0.415. The van der Waals surface area contributed by atoms with Crippen molar-refractivity contribution >= 4 is 0 Å². The maximum Gasteiger partial charge on any atom is 0.0826 e. The minimum Gasteiger partial charge on any atom is -0.374 e. The number of morpholine rings is 1. The molecular formula is C12H24N2O. The molecule has 0 aromatic carbocycles. The van der Waals surface area contributed by atoms with E-state index in [0.29, 0.717) is 6.10 Å². The Morgan fingerprint density at radius 2 is 2.20 bits per heavy atom. The molecular weight excluding hydrogens is 188 g/mol. The fraction of sp³-hybridized carbons (Fsp3) is 1.00. The molecule has 0 bridgehead atoms. The Balaban J connectivity index is 1.77. The van der Waals surface area contributed by atoms with Gasteiger partial charge in [-0.3, -0.25) is 4.90 Å². The standard InChI is InChI=1S/C12H24N2O/c1-10(2)8-14(11-3-4-11)9-12-7-13-5-6-15-12/h10-13H,3-9H2,1-2H3. The highest BCUT2D eigenvalue weighted by Gasteiger charge is 2.31. The lowest BCUT2D eigenvalue weighted by molar-refractivity contribution is 0.00183. The maximum atomic E-state index is 5.76. The minimum absolute atomic E-state index is 0.415. The first-order chi connectivity index (χ1) is 7.25. The van der Waals surface area contributed by atoms with Gasteiger partial charge >= 0.3 is 0 Å². The van der Waals surface area contributed by atoms with E-state index in [4.69, 9.17) is 4.74 Å². The second-order valence-electron chi connectivity index (χ2n) is 5.28. The molecule has 88 valence electrons. The van der Waals surface area contributed by atoms with Gasteiger partial charge < -0.3 is 10.1 Å². The summed E-state index contributed by atoms with van der Waals surface area (Å²) in [7, 11) is 0. The number of rotatable bonds is 5. The summed E-state index contributed by atoms with van der Waals surface area (Å²) in [6.45, 7) is 9.88. The highest BCUT2D eigenvalue weighted by Crippen LogP contribution is 2.27. The van der Waals surface area contributed by atoms with Gasteiger partial charge in [-0.25, -0.2) is 0 Å². The van der Waals surface area contributed by atoms with E-state index in [-0.39, 0.29) is 0 Å². The highest BCUT2D eigenvalue weighted by atomic mass is 16.5. The second-order valence-corrected chi connectivity index (χ2v) is 5.28. The van der Waals surface area contributed by atoms with E-state index in [2.05, 4.69) is 24.1 Å². The van der Waals surface area contributed by atoms with Crippen LogP contribution in [0, 0.1) is 5.92 Å². The number of hydrogen-bond donors (Lipinski definition) is 1. The molecule has 15 heavy (non-hydrogen) atoms. The summed E-state index contributed by atoms with van der Waals surface area (Å²) in [6.07, 6.45) is 3.21. The molecule has 1 atom stereocenters. The topological polar surface area (TPSA) is 24.5 Å². The summed E-state index contributed by atoms with van der Waals surface area (Å²) in [5.41, 5.74) is 0. The molecule has 2 fully saturated rings. The van der Waals surface area contributed by atoms with Gasteiger partial charge in [0.2, 0.25) is 0 Å². The quantitative estimate of drug-likeness (QED) is 0.738. The zero-order chi connectivity index (χ0) is 10.7. The Morgan fingerprint density at radius 3 is 2.73 bits per heavy atom. The highest BCUT2D eigenvalue weighted by molar-refractivity contribution is 4.87. The van der Waals surface area contributed by atoms with Gasteiger partial charge in [0.25, 0.3) is 0 Å². The summed E-state index contributed by atoms with van der Waals surface area (Å²) in [5.74, 6) is 0.766. The molecule has 0 aromatic rings. The van der Waals surface area contributed by atoms with Gasteiger partial charge in [-0.05, 0) is 18.8 Å². The van der Waals surface area contributed by atoms with Crippen molar-refractivity contribution in [1.82, 2.24) is 10.2 Å². The van der Waals surface area contributed by atoms with Crippen molar-refractivity contribution in [2.75, 3.05) is 32.8 Å². The fourth-order valence-electron chi connectivity index (χ4n) is 2.28. The Labute approximate surface area is 93.2 Å². The van der Waals surface area contributed by atoms with E-state index in [1.54, 1.807) is 0 Å². The first kappa shape index (κ1) is 11.4. The van der Waals surface area contributed by atoms with Crippen LogP contribution in [0.4, 0.5) is 0 Å². The largest absolute Gasteiger partial charge is 0.374 e. The average Bonchev–Trinajstić information content (AvgIpc) is 3.01. The molecule has 1 saturated heterocycles. The predicted molar refractivity (Wildman–Crippen MR) is 62.0 cm³/mol. The lowest BCUT2D eigenvalue weighted by Gasteiger charge is -2.31. The van der Waals surface area contributed by atoms with Crippen LogP contribution in [0.5, 0.6) is 0 Å². The predicted octanol–water partition coefficient (Wildman–Crippen LogP) is 1.10. The number of hydrogen-bond acceptors (Lipinski definition) is 3. The lowest BCUT2D eigenvalue weighted by Crippen LogP contribution is -2.46. The first-order valence-electron chi connectivity index (χ1n) is 6.32. The summed E-state index contributed by atoms with van der Waals surface area (Å²) < 4.78 is 5.76. The number of nitrogens with one attached hydrogen (secondary N) is 1. The molecule has 0 amide bonds. The molecule has 1 saturated carbocycles. The van der Waals surface area contributed by atoms with E-state index in [1.807, 2.05) is 0 Å². The van der Waals surface area contributed by atoms with Crippen LogP contribution in [0.3, 0.4) is 0 Å². The summed E-state index contributed by atoms with van der Waals surface area (Å²) in [6, 6.07) is 0.859. The number of ether oxygens (including phenoxy) is 1. The van der Waals surface area contributed by atoms with E-state index >= 15 is 0 Å². The fourth-order valence-corrected chi connectivity index (χ4v) is 2.28. The van der Waals surface area contributed by atoms with Gasteiger partial charge in [0, 0.05) is 32.2 Å². The van der Waals surface area contributed by atoms with Crippen LogP contribution < -0.4 is 5.32 Å². The average molecular weight is 212 g/mol. The van der Waals surface area contributed by atoms with Gasteiger partial charge in [0.1, 0.15) is 0 Å². The third-order valence-electron chi connectivity index (χ3n) is 3.11. The van der Waals surface area contributed by atoms with E-state index in [0.717, 1.165) is 38.2 Å². The van der Waals surface area contributed by atoms with Crippen LogP contribution in [-0.2, 0) is 4.74 Å². The second kappa shape index (κ2) is 5.28. The van der Waals surface area contributed by atoms with Crippen molar-refractivity contribution in [2.24, 2.45) is 5.92 Å². The van der Waals surface area contributed by atoms with Crippen molar-refractivity contribution in [3.05, 3.63) is 0 Å². The van der Waals surface area contributed by atoms with Gasteiger partial charge in [-0.2, -0.15) is 0 Å². The van der Waals surface area contributed by atoms with Gasteiger partial charge in [-0.1, -0.05) is 13.8 Å². The molecule has 1 aliphatic heterocycles. The zero-order valence-corrected chi connectivity index (χ0v) is 10.0. The van der Waals surface area contributed by atoms with Crippen LogP contribution >= 0.6 is 0 Å². The van der Waals surface area contributed by atoms with Crippen LogP contribution in [0.2, 0.25) is 0 Å². The Kier molecular flexibility index (Phi) is 4.00. The van der Waals surface area contributed by atoms with Crippen LogP contribution in [0.1, 0.15) is 26.7 Å². The first-order valence-corrected chi connectivity index (χ1v) is 6.32. The monoisotopic (exact) mass is 212 g/mol. The van der Waals surface area contributed by atoms with E-state index in [1.165, 1.54) is 19.4 Å². The van der Waals surface area contributed by atoms with Gasteiger partial charge in [-0.15, -0.1) is 0 Å². The van der Waals surface area contributed by atoms with Crippen molar-refractivity contribution in [1.29, 1.82) is 0 Å². The van der Waals surface area contributed by atoms with Gasteiger partial charge in [0.15, 0.2) is 0 Å².